The molecule has 7 heteroatoms. The van der Waals surface area contributed by atoms with Crippen LogP contribution in [0, 0.1) is 6.92 Å². The molecule has 2 rings (SSSR count). The number of anilines is 1. The molecular weight excluding hydrogens is 266 g/mol. The standard InChI is InChI=1S/C12H13N3O3S/c1-8-3-5-9(6-4-8)18-7-10-14-15-11(19-10)13-12(16)17-2/h3-6H,7H2,1-2H3,(H,13,15,16). The van der Waals surface area contributed by atoms with E-state index in [4.69, 9.17) is 4.74 Å². The Kier molecular flexibility index (Phi) is 4.30. The van der Waals surface area contributed by atoms with E-state index in [-0.39, 0.29) is 0 Å². The van der Waals surface area contributed by atoms with Crippen LogP contribution < -0.4 is 10.1 Å². The Labute approximate surface area is 114 Å². The van der Waals surface area contributed by atoms with Crippen LogP contribution in [0.1, 0.15) is 10.6 Å². The molecule has 1 amide bonds. The SMILES string of the molecule is COC(=O)Nc1nnc(COc2ccc(C)cc2)s1. The highest BCUT2D eigenvalue weighted by molar-refractivity contribution is 7.15. The first kappa shape index (κ1) is 13.3. The molecule has 0 aliphatic heterocycles. The quantitative estimate of drug-likeness (QED) is 0.931. The molecule has 2 aromatic rings. The second kappa shape index (κ2) is 6.14. The number of methoxy groups -OCH3 is 1. The molecule has 1 heterocycles. The average Bonchev–Trinajstić information content (AvgIpc) is 2.85. The molecule has 1 aromatic heterocycles. The van der Waals surface area contributed by atoms with Crippen LogP contribution in [0.5, 0.6) is 5.75 Å². The third-order valence-corrected chi connectivity index (χ3v) is 3.06. The summed E-state index contributed by atoms with van der Waals surface area (Å²) < 4.78 is 10.0. The molecule has 0 atom stereocenters. The Morgan fingerprint density at radius 1 is 1.32 bits per heavy atom. The molecule has 0 saturated heterocycles. The molecule has 0 bridgehead atoms. The lowest BCUT2D eigenvalue weighted by molar-refractivity contribution is 0.187. The minimum atomic E-state index is -0.567. The van der Waals surface area contributed by atoms with E-state index in [0.717, 1.165) is 5.75 Å². The van der Waals surface area contributed by atoms with Gasteiger partial charge in [0, 0.05) is 0 Å². The summed E-state index contributed by atoms with van der Waals surface area (Å²) in [7, 11) is 1.29. The van der Waals surface area contributed by atoms with Gasteiger partial charge in [-0.25, -0.2) is 4.79 Å². The van der Waals surface area contributed by atoms with E-state index in [2.05, 4.69) is 20.3 Å². The van der Waals surface area contributed by atoms with Gasteiger partial charge in [0.25, 0.3) is 0 Å². The first-order valence-corrected chi connectivity index (χ1v) is 6.36. The molecule has 1 aromatic carbocycles. The predicted molar refractivity (Wildman–Crippen MR) is 71.4 cm³/mol. The summed E-state index contributed by atoms with van der Waals surface area (Å²) in [5.41, 5.74) is 1.17. The maximum absolute atomic E-state index is 11.0. The van der Waals surface area contributed by atoms with Crippen molar-refractivity contribution in [2.24, 2.45) is 0 Å². The van der Waals surface area contributed by atoms with Crippen LogP contribution in [0.3, 0.4) is 0 Å². The molecule has 0 saturated carbocycles. The van der Waals surface area contributed by atoms with Crippen LogP contribution in [0.4, 0.5) is 9.93 Å². The molecule has 1 N–H and O–H groups in total. The van der Waals surface area contributed by atoms with Crippen molar-refractivity contribution in [3.8, 4) is 5.75 Å². The van der Waals surface area contributed by atoms with Crippen LogP contribution in [0.2, 0.25) is 0 Å². The zero-order chi connectivity index (χ0) is 13.7. The smallest absolute Gasteiger partial charge is 0.413 e. The number of aryl methyl sites for hydroxylation is 1. The number of nitrogens with zero attached hydrogens (tertiary/aromatic N) is 2. The minimum Gasteiger partial charge on any atom is -0.486 e. The van der Waals surface area contributed by atoms with Gasteiger partial charge >= 0.3 is 6.09 Å². The number of hydrogen-bond donors (Lipinski definition) is 1. The van der Waals surface area contributed by atoms with E-state index >= 15 is 0 Å². The maximum atomic E-state index is 11.0. The number of amides is 1. The maximum Gasteiger partial charge on any atom is 0.413 e. The first-order chi connectivity index (χ1) is 9.17. The van der Waals surface area contributed by atoms with Gasteiger partial charge < -0.3 is 9.47 Å². The van der Waals surface area contributed by atoms with Crippen molar-refractivity contribution in [1.82, 2.24) is 10.2 Å². The molecule has 0 spiro atoms. The van der Waals surface area contributed by atoms with E-state index in [1.807, 2.05) is 31.2 Å². The largest absolute Gasteiger partial charge is 0.486 e. The van der Waals surface area contributed by atoms with Crippen molar-refractivity contribution in [2.75, 3.05) is 12.4 Å². The number of carbonyl (C=O) groups excluding carboxylic acids is 1. The number of aromatic nitrogens is 2. The average molecular weight is 279 g/mol. The molecule has 100 valence electrons. The van der Waals surface area contributed by atoms with Crippen molar-refractivity contribution in [1.29, 1.82) is 0 Å². The number of rotatable bonds is 4. The summed E-state index contributed by atoms with van der Waals surface area (Å²) in [6.07, 6.45) is -0.567. The van der Waals surface area contributed by atoms with Gasteiger partial charge in [0.05, 0.1) is 7.11 Å². The second-order valence-electron chi connectivity index (χ2n) is 3.72. The normalized spacial score (nSPS) is 10.0. The monoisotopic (exact) mass is 279 g/mol. The molecule has 0 aliphatic carbocycles. The number of carbonyl (C=O) groups is 1. The topological polar surface area (TPSA) is 73.3 Å². The van der Waals surface area contributed by atoms with Crippen molar-refractivity contribution in [3.05, 3.63) is 34.8 Å². The van der Waals surface area contributed by atoms with E-state index in [1.165, 1.54) is 24.0 Å². The van der Waals surface area contributed by atoms with E-state index in [9.17, 15) is 4.79 Å². The number of hydrogen-bond acceptors (Lipinski definition) is 6. The van der Waals surface area contributed by atoms with E-state index < -0.39 is 6.09 Å². The van der Waals surface area contributed by atoms with Gasteiger partial charge in [0.1, 0.15) is 12.4 Å². The summed E-state index contributed by atoms with van der Waals surface area (Å²) >= 11 is 1.24. The van der Waals surface area contributed by atoms with Gasteiger partial charge in [-0.3, -0.25) is 5.32 Å². The number of nitrogens with one attached hydrogen (secondary N) is 1. The lowest BCUT2D eigenvalue weighted by Crippen LogP contribution is -2.10. The zero-order valence-corrected chi connectivity index (χ0v) is 11.4. The van der Waals surface area contributed by atoms with Crippen LogP contribution >= 0.6 is 11.3 Å². The summed E-state index contributed by atoms with van der Waals surface area (Å²) in [4.78, 5) is 11.0. The van der Waals surface area contributed by atoms with Crippen LogP contribution in [0.25, 0.3) is 0 Å². The number of ether oxygens (including phenoxy) is 2. The Morgan fingerprint density at radius 3 is 2.74 bits per heavy atom. The lowest BCUT2D eigenvalue weighted by atomic mass is 10.2. The van der Waals surface area contributed by atoms with Gasteiger partial charge in [0.15, 0.2) is 5.01 Å². The number of benzene rings is 1. The van der Waals surface area contributed by atoms with Crippen LogP contribution in [-0.4, -0.2) is 23.4 Å². The van der Waals surface area contributed by atoms with Crippen LogP contribution in [0.15, 0.2) is 24.3 Å². The van der Waals surface area contributed by atoms with E-state index in [0.29, 0.717) is 16.7 Å². The van der Waals surface area contributed by atoms with Gasteiger partial charge in [-0.1, -0.05) is 29.0 Å². The van der Waals surface area contributed by atoms with Crippen molar-refractivity contribution < 1.29 is 14.3 Å². The molecule has 0 radical (unpaired) electrons. The summed E-state index contributed by atoms with van der Waals surface area (Å²) in [6, 6.07) is 7.73. The third-order valence-electron chi connectivity index (χ3n) is 2.24. The van der Waals surface area contributed by atoms with Crippen molar-refractivity contribution in [2.45, 2.75) is 13.5 Å². The van der Waals surface area contributed by atoms with Crippen molar-refractivity contribution in [3.63, 3.8) is 0 Å². The molecule has 0 aliphatic rings. The minimum absolute atomic E-state index is 0.309. The molecule has 0 unspecified atom stereocenters. The highest BCUT2D eigenvalue weighted by Gasteiger charge is 2.08. The summed E-state index contributed by atoms with van der Waals surface area (Å²) in [5.74, 6) is 0.767. The zero-order valence-electron chi connectivity index (χ0n) is 10.5. The molecule has 19 heavy (non-hydrogen) atoms. The fourth-order valence-corrected chi connectivity index (χ4v) is 1.92. The second-order valence-corrected chi connectivity index (χ2v) is 4.78. The fraction of sp³-hybridized carbons (Fsp3) is 0.250. The van der Waals surface area contributed by atoms with Gasteiger partial charge in [0.2, 0.25) is 5.13 Å². The first-order valence-electron chi connectivity index (χ1n) is 5.54. The van der Waals surface area contributed by atoms with Gasteiger partial charge in [-0.15, -0.1) is 10.2 Å². The highest BCUT2D eigenvalue weighted by Crippen LogP contribution is 2.18. The van der Waals surface area contributed by atoms with Gasteiger partial charge in [-0.2, -0.15) is 0 Å². The molecule has 0 fully saturated rings. The Balaban J connectivity index is 1.89. The summed E-state index contributed by atoms with van der Waals surface area (Å²) in [6.45, 7) is 2.32. The molecule has 6 nitrogen and oxygen atoms in total. The highest BCUT2D eigenvalue weighted by atomic mass is 32.1. The summed E-state index contributed by atoms with van der Waals surface area (Å²) in [5, 5.41) is 11.2. The predicted octanol–water partition coefficient (Wildman–Crippen LogP) is 2.60. The van der Waals surface area contributed by atoms with Gasteiger partial charge in [-0.05, 0) is 19.1 Å². The Hall–Kier alpha value is -2.15. The van der Waals surface area contributed by atoms with Crippen molar-refractivity contribution >= 4 is 22.6 Å². The third kappa shape index (κ3) is 3.92. The van der Waals surface area contributed by atoms with E-state index in [1.54, 1.807) is 0 Å². The molecular formula is C12H13N3O3S. The Bertz CT molecular complexity index is 554. The lowest BCUT2D eigenvalue weighted by Gasteiger charge is -2.03. The fourth-order valence-electron chi connectivity index (χ4n) is 1.28. The van der Waals surface area contributed by atoms with Crippen LogP contribution in [-0.2, 0) is 11.3 Å². The Morgan fingerprint density at radius 2 is 2.05 bits per heavy atom.